The SMILES string of the molecule is CCOc1c(Br)cc(Br)cc1CNCc1ccccc1F. The van der Waals surface area contributed by atoms with Crippen molar-refractivity contribution in [3.05, 3.63) is 62.3 Å². The van der Waals surface area contributed by atoms with Gasteiger partial charge in [0.2, 0.25) is 0 Å². The first kappa shape index (κ1) is 16.5. The maximum atomic E-state index is 13.6. The molecule has 1 N–H and O–H groups in total. The minimum absolute atomic E-state index is 0.189. The van der Waals surface area contributed by atoms with Gasteiger partial charge in [0.05, 0.1) is 11.1 Å². The molecule has 21 heavy (non-hydrogen) atoms. The summed E-state index contributed by atoms with van der Waals surface area (Å²) >= 11 is 6.98. The largest absolute Gasteiger partial charge is 0.492 e. The monoisotopic (exact) mass is 415 g/mol. The average molecular weight is 417 g/mol. The quantitative estimate of drug-likeness (QED) is 0.712. The van der Waals surface area contributed by atoms with Crippen molar-refractivity contribution in [1.29, 1.82) is 0 Å². The molecule has 0 radical (unpaired) electrons. The van der Waals surface area contributed by atoms with Gasteiger partial charge in [0.25, 0.3) is 0 Å². The highest BCUT2D eigenvalue weighted by Gasteiger charge is 2.10. The first-order valence-electron chi connectivity index (χ1n) is 6.66. The second kappa shape index (κ2) is 7.92. The van der Waals surface area contributed by atoms with E-state index < -0.39 is 0 Å². The minimum atomic E-state index is -0.189. The summed E-state index contributed by atoms with van der Waals surface area (Å²) in [5, 5.41) is 3.25. The Morgan fingerprint density at radius 1 is 1.10 bits per heavy atom. The van der Waals surface area contributed by atoms with E-state index in [4.69, 9.17) is 4.74 Å². The van der Waals surface area contributed by atoms with Crippen LogP contribution < -0.4 is 10.1 Å². The molecule has 0 unspecified atom stereocenters. The standard InChI is InChI=1S/C16H16Br2FNO/c1-2-21-16-12(7-13(17)8-14(16)18)10-20-9-11-5-3-4-6-15(11)19/h3-8,20H,2,9-10H2,1H3. The highest BCUT2D eigenvalue weighted by Crippen LogP contribution is 2.33. The van der Waals surface area contributed by atoms with E-state index in [0.29, 0.717) is 25.3 Å². The van der Waals surface area contributed by atoms with E-state index in [9.17, 15) is 4.39 Å². The highest BCUT2D eigenvalue weighted by molar-refractivity contribution is 9.11. The maximum absolute atomic E-state index is 13.6. The molecule has 0 spiro atoms. The van der Waals surface area contributed by atoms with Gasteiger partial charge >= 0.3 is 0 Å². The van der Waals surface area contributed by atoms with Gasteiger partial charge in [-0.2, -0.15) is 0 Å². The molecule has 0 saturated heterocycles. The predicted molar refractivity (Wildman–Crippen MR) is 90.0 cm³/mol. The fourth-order valence-corrected chi connectivity index (χ4v) is 3.45. The lowest BCUT2D eigenvalue weighted by molar-refractivity contribution is 0.333. The molecule has 0 amide bonds. The third-order valence-electron chi connectivity index (χ3n) is 2.96. The van der Waals surface area contributed by atoms with E-state index in [2.05, 4.69) is 37.2 Å². The molecule has 2 aromatic carbocycles. The highest BCUT2D eigenvalue weighted by atomic mass is 79.9. The van der Waals surface area contributed by atoms with Crippen LogP contribution in [0.4, 0.5) is 4.39 Å². The van der Waals surface area contributed by atoms with Crippen molar-refractivity contribution in [2.24, 2.45) is 0 Å². The van der Waals surface area contributed by atoms with E-state index >= 15 is 0 Å². The smallest absolute Gasteiger partial charge is 0.138 e. The van der Waals surface area contributed by atoms with Crippen molar-refractivity contribution < 1.29 is 9.13 Å². The summed E-state index contributed by atoms with van der Waals surface area (Å²) < 4.78 is 21.1. The third kappa shape index (κ3) is 4.53. The Balaban J connectivity index is 2.07. The molecular weight excluding hydrogens is 401 g/mol. The van der Waals surface area contributed by atoms with Gasteiger partial charge in [-0.05, 0) is 41.1 Å². The normalized spacial score (nSPS) is 10.7. The molecule has 0 bridgehead atoms. The van der Waals surface area contributed by atoms with Crippen LogP contribution in [0.2, 0.25) is 0 Å². The molecule has 0 saturated carbocycles. The molecule has 0 atom stereocenters. The lowest BCUT2D eigenvalue weighted by Crippen LogP contribution is -2.14. The van der Waals surface area contributed by atoms with Crippen molar-refractivity contribution in [1.82, 2.24) is 5.32 Å². The van der Waals surface area contributed by atoms with E-state index in [0.717, 1.165) is 20.3 Å². The Morgan fingerprint density at radius 2 is 1.81 bits per heavy atom. The lowest BCUT2D eigenvalue weighted by atomic mass is 10.1. The summed E-state index contributed by atoms with van der Waals surface area (Å²) in [6.45, 7) is 3.62. The Bertz CT molecular complexity index is 619. The Labute approximate surface area is 141 Å². The average Bonchev–Trinajstić information content (AvgIpc) is 2.44. The number of rotatable bonds is 6. The van der Waals surface area contributed by atoms with Gasteiger partial charge < -0.3 is 10.1 Å². The van der Waals surface area contributed by atoms with E-state index in [1.165, 1.54) is 6.07 Å². The van der Waals surface area contributed by atoms with Gasteiger partial charge in [0.15, 0.2) is 0 Å². The summed E-state index contributed by atoms with van der Waals surface area (Å²) in [6.07, 6.45) is 0. The topological polar surface area (TPSA) is 21.3 Å². The first-order chi connectivity index (χ1) is 10.1. The number of nitrogens with one attached hydrogen (secondary N) is 1. The number of benzene rings is 2. The number of ether oxygens (including phenoxy) is 1. The van der Waals surface area contributed by atoms with E-state index in [-0.39, 0.29) is 5.82 Å². The van der Waals surface area contributed by atoms with Gasteiger partial charge in [0.1, 0.15) is 11.6 Å². The molecule has 2 nitrogen and oxygen atoms in total. The van der Waals surface area contributed by atoms with Gasteiger partial charge in [-0.25, -0.2) is 4.39 Å². The predicted octanol–water partition coefficient (Wildman–Crippen LogP) is 5.04. The zero-order valence-corrected chi connectivity index (χ0v) is 14.8. The zero-order valence-electron chi connectivity index (χ0n) is 11.6. The Kier molecular flexibility index (Phi) is 6.21. The number of hydrogen-bond acceptors (Lipinski definition) is 2. The molecule has 5 heteroatoms. The molecule has 0 heterocycles. The lowest BCUT2D eigenvalue weighted by Gasteiger charge is -2.14. The van der Waals surface area contributed by atoms with Crippen molar-refractivity contribution >= 4 is 31.9 Å². The van der Waals surface area contributed by atoms with Gasteiger partial charge in [-0.1, -0.05) is 34.1 Å². The zero-order chi connectivity index (χ0) is 15.2. The van der Waals surface area contributed by atoms with Crippen molar-refractivity contribution in [3.63, 3.8) is 0 Å². The number of hydrogen-bond donors (Lipinski definition) is 1. The molecule has 0 fully saturated rings. The molecule has 0 aromatic heterocycles. The molecule has 112 valence electrons. The molecule has 2 rings (SSSR count). The van der Waals surface area contributed by atoms with Crippen molar-refractivity contribution in [2.75, 3.05) is 6.61 Å². The van der Waals surface area contributed by atoms with Crippen LogP contribution in [0.15, 0.2) is 45.3 Å². The fourth-order valence-electron chi connectivity index (χ4n) is 2.02. The summed E-state index contributed by atoms with van der Waals surface area (Å²) in [4.78, 5) is 0. The molecule has 0 aliphatic carbocycles. The second-order valence-corrected chi connectivity index (χ2v) is 6.27. The van der Waals surface area contributed by atoms with Gasteiger partial charge in [-0.3, -0.25) is 0 Å². The van der Waals surface area contributed by atoms with E-state index in [1.54, 1.807) is 12.1 Å². The van der Waals surface area contributed by atoms with Gasteiger partial charge in [0, 0.05) is 28.7 Å². The number of halogens is 3. The Morgan fingerprint density at radius 3 is 2.52 bits per heavy atom. The molecule has 0 aliphatic heterocycles. The molecular formula is C16H16Br2FNO. The first-order valence-corrected chi connectivity index (χ1v) is 8.25. The fraction of sp³-hybridized carbons (Fsp3) is 0.250. The summed E-state index contributed by atoms with van der Waals surface area (Å²) in [5.74, 6) is 0.632. The molecule has 2 aromatic rings. The van der Waals surface area contributed by atoms with E-state index in [1.807, 2.05) is 25.1 Å². The van der Waals surface area contributed by atoms with Crippen LogP contribution in [-0.2, 0) is 13.1 Å². The minimum Gasteiger partial charge on any atom is -0.492 e. The third-order valence-corrected chi connectivity index (χ3v) is 4.01. The summed E-state index contributed by atoms with van der Waals surface area (Å²) in [7, 11) is 0. The van der Waals surface area contributed by atoms with Crippen LogP contribution in [0.5, 0.6) is 5.75 Å². The Hall–Kier alpha value is -0.910. The van der Waals surface area contributed by atoms with Crippen LogP contribution in [0.1, 0.15) is 18.1 Å². The van der Waals surface area contributed by atoms with Crippen molar-refractivity contribution in [2.45, 2.75) is 20.0 Å². The maximum Gasteiger partial charge on any atom is 0.138 e. The summed E-state index contributed by atoms with van der Waals surface area (Å²) in [5.41, 5.74) is 1.68. The summed E-state index contributed by atoms with van der Waals surface area (Å²) in [6, 6.07) is 10.7. The van der Waals surface area contributed by atoms with Crippen molar-refractivity contribution in [3.8, 4) is 5.75 Å². The second-order valence-electron chi connectivity index (χ2n) is 4.50. The van der Waals surface area contributed by atoms with Crippen LogP contribution in [-0.4, -0.2) is 6.61 Å². The van der Waals surface area contributed by atoms with Crippen LogP contribution >= 0.6 is 31.9 Å². The van der Waals surface area contributed by atoms with Crippen LogP contribution in [0, 0.1) is 5.82 Å². The molecule has 0 aliphatic rings. The van der Waals surface area contributed by atoms with Gasteiger partial charge in [-0.15, -0.1) is 0 Å². The van der Waals surface area contributed by atoms with Crippen LogP contribution in [0.3, 0.4) is 0 Å². The van der Waals surface area contributed by atoms with Crippen LogP contribution in [0.25, 0.3) is 0 Å².